The van der Waals surface area contributed by atoms with Crippen LogP contribution in [0.3, 0.4) is 0 Å². The minimum atomic E-state index is -1.38. The molecule has 1 heterocycles. The molecule has 6 heteroatoms. The van der Waals surface area contributed by atoms with Crippen molar-refractivity contribution in [2.45, 2.75) is 0 Å². The Morgan fingerprint density at radius 2 is 1.95 bits per heavy atom. The summed E-state index contributed by atoms with van der Waals surface area (Å²) in [6, 6.07) is 7.66. The number of nitrogens with zero attached hydrogens (tertiary/aromatic N) is 1. The number of pyridine rings is 1. The summed E-state index contributed by atoms with van der Waals surface area (Å²) in [6.45, 7) is 0. The molecule has 0 radical (unpaired) electrons. The van der Waals surface area contributed by atoms with Crippen LogP contribution < -0.4 is 9.47 Å². The summed E-state index contributed by atoms with van der Waals surface area (Å²) in [4.78, 5) is 14.5. The van der Waals surface area contributed by atoms with E-state index < -0.39 is 23.2 Å². The Bertz CT molecular complexity index is 615. The third-order valence-electron chi connectivity index (χ3n) is 2.36. The number of hydrogen-bond acceptors (Lipinski definition) is 4. The fraction of sp³-hybridized carbons (Fsp3) is 0.0769. The third-order valence-corrected chi connectivity index (χ3v) is 2.36. The van der Waals surface area contributed by atoms with E-state index in [0.717, 1.165) is 12.3 Å². The number of carboxylic acids is 1. The van der Waals surface area contributed by atoms with E-state index in [1.165, 1.54) is 7.11 Å². The van der Waals surface area contributed by atoms with Gasteiger partial charge in [0.05, 0.1) is 7.11 Å². The highest BCUT2D eigenvalue weighted by Gasteiger charge is 2.17. The van der Waals surface area contributed by atoms with Gasteiger partial charge in [0.25, 0.3) is 5.88 Å². The Hall–Kier alpha value is -2.63. The van der Waals surface area contributed by atoms with E-state index in [1.54, 1.807) is 24.3 Å². The Morgan fingerprint density at radius 3 is 2.58 bits per heavy atom. The summed E-state index contributed by atoms with van der Waals surface area (Å²) in [7, 11) is 1.44. The molecule has 0 amide bonds. The average Bonchev–Trinajstić information content (AvgIpc) is 2.41. The summed E-state index contributed by atoms with van der Waals surface area (Å²) >= 11 is 0. The molecule has 0 saturated heterocycles. The maximum Gasteiger partial charge on any atom is 0.338 e. The number of hydrogen-bond donors (Lipinski definition) is 1. The Morgan fingerprint density at radius 1 is 1.26 bits per heavy atom. The van der Waals surface area contributed by atoms with Gasteiger partial charge in [-0.2, -0.15) is 0 Å². The van der Waals surface area contributed by atoms with Crippen molar-refractivity contribution in [1.29, 1.82) is 0 Å². The number of methoxy groups -OCH3 is 1. The van der Waals surface area contributed by atoms with Crippen LogP contribution in [0.5, 0.6) is 17.4 Å². The second-order valence-corrected chi connectivity index (χ2v) is 3.54. The van der Waals surface area contributed by atoms with E-state index in [4.69, 9.17) is 14.6 Å². The van der Waals surface area contributed by atoms with Crippen molar-refractivity contribution in [1.82, 2.24) is 4.98 Å². The topological polar surface area (TPSA) is 68.7 Å². The molecule has 19 heavy (non-hydrogen) atoms. The average molecular weight is 263 g/mol. The number of ether oxygens (including phenoxy) is 2. The van der Waals surface area contributed by atoms with Gasteiger partial charge in [-0.1, -0.05) is 12.1 Å². The summed E-state index contributed by atoms with van der Waals surface area (Å²) in [5, 5.41) is 8.81. The van der Waals surface area contributed by atoms with Crippen LogP contribution in [0.4, 0.5) is 4.39 Å². The van der Waals surface area contributed by atoms with Crippen molar-refractivity contribution in [3.63, 3.8) is 0 Å². The normalized spacial score (nSPS) is 10.0. The predicted octanol–water partition coefficient (Wildman–Crippen LogP) is 2.72. The van der Waals surface area contributed by atoms with Crippen molar-refractivity contribution in [3.05, 3.63) is 47.9 Å². The maximum absolute atomic E-state index is 13.8. The van der Waals surface area contributed by atoms with Gasteiger partial charge < -0.3 is 14.6 Å². The molecule has 0 fully saturated rings. The van der Waals surface area contributed by atoms with E-state index in [9.17, 15) is 9.18 Å². The van der Waals surface area contributed by atoms with Gasteiger partial charge in [0.2, 0.25) is 0 Å². The predicted molar refractivity (Wildman–Crippen MR) is 64.2 cm³/mol. The van der Waals surface area contributed by atoms with E-state index in [2.05, 4.69) is 4.98 Å². The summed E-state index contributed by atoms with van der Waals surface area (Å²) < 4.78 is 24.1. The number of halogens is 1. The molecule has 98 valence electrons. The molecule has 0 atom stereocenters. The standard InChI is InChI=1S/C13H10FNO4/c1-18-9-4-2-3-5-10(9)19-12-11(14)8(13(16)17)6-7-15-12/h2-7H,1H3,(H,16,17). The van der Waals surface area contributed by atoms with E-state index >= 15 is 0 Å². The zero-order valence-electron chi connectivity index (χ0n) is 9.96. The first-order valence-electron chi connectivity index (χ1n) is 5.32. The molecular formula is C13H10FNO4. The highest BCUT2D eigenvalue weighted by Crippen LogP contribution is 2.31. The lowest BCUT2D eigenvalue weighted by atomic mass is 10.2. The SMILES string of the molecule is COc1ccccc1Oc1nccc(C(=O)O)c1F. The number of rotatable bonds is 4. The van der Waals surface area contributed by atoms with Crippen LogP contribution in [0.25, 0.3) is 0 Å². The lowest BCUT2D eigenvalue weighted by Gasteiger charge is -2.10. The van der Waals surface area contributed by atoms with Crippen LogP contribution in [0.2, 0.25) is 0 Å². The number of aromatic carboxylic acids is 1. The van der Waals surface area contributed by atoms with Gasteiger partial charge in [-0.25, -0.2) is 14.2 Å². The lowest BCUT2D eigenvalue weighted by Crippen LogP contribution is -2.03. The molecular weight excluding hydrogens is 253 g/mol. The second-order valence-electron chi connectivity index (χ2n) is 3.54. The molecule has 1 aromatic heterocycles. The number of para-hydroxylation sites is 2. The van der Waals surface area contributed by atoms with E-state index in [-0.39, 0.29) is 5.75 Å². The zero-order valence-corrected chi connectivity index (χ0v) is 9.96. The molecule has 1 N–H and O–H groups in total. The van der Waals surface area contributed by atoms with Crippen LogP contribution in [0.1, 0.15) is 10.4 Å². The number of carbonyl (C=O) groups is 1. The minimum Gasteiger partial charge on any atom is -0.493 e. The van der Waals surface area contributed by atoms with Crippen molar-refractivity contribution in [2.24, 2.45) is 0 Å². The van der Waals surface area contributed by atoms with Gasteiger partial charge in [-0.15, -0.1) is 0 Å². The third kappa shape index (κ3) is 2.62. The molecule has 0 saturated carbocycles. The Kier molecular flexibility index (Phi) is 3.61. The molecule has 2 rings (SSSR count). The van der Waals surface area contributed by atoms with Gasteiger partial charge in [-0.3, -0.25) is 0 Å². The van der Waals surface area contributed by atoms with E-state index in [0.29, 0.717) is 5.75 Å². The van der Waals surface area contributed by atoms with Gasteiger partial charge >= 0.3 is 5.97 Å². The van der Waals surface area contributed by atoms with Gasteiger partial charge in [0, 0.05) is 6.20 Å². The molecule has 0 unspecified atom stereocenters. The number of benzene rings is 1. The largest absolute Gasteiger partial charge is 0.493 e. The minimum absolute atomic E-state index is 0.249. The monoisotopic (exact) mass is 263 g/mol. The van der Waals surface area contributed by atoms with Gasteiger partial charge in [-0.05, 0) is 18.2 Å². The van der Waals surface area contributed by atoms with Crippen LogP contribution in [0, 0.1) is 5.82 Å². The first kappa shape index (κ1) is 12.8. The number of aromatic nitrogens is 1. The molecule has 0 aliphatic heterocycles. The van der Waals surface area contributed by atoms with Crippen molar-refractivity contribution in [2.75, 3.05) is 7.11 Å². The fourth-order valence-corrected chi connectivity index (χ4v) is 1.47. The van der Waals surface area contributed by atoms with Gasteiger partial charge in [0.1, 0.15) is 5.56 Å². The molecule has 0 bridgehead atoms. The lowest BCUT2D eigenvalue weighted by molar-refractivity contribution is 0.0690. The molecule has 0 aliphatic carbocycles. The van der Waals surface area contributed by atoms with Crippen LogP contribution >= 0.6 is 0 Å². The maximum atomic E-state index is 13.8. The summed E-state index contributed by atoms with van der Waals surface area (Å²) in [6.07, 6.45) is 1.16. The first-order chi connectivity index (χ1) is 9.13. The summed E-state index contributed by atoms with van der Waals surface area (Å²) in [5.74, 6) is -2.18. The second kappa shape index (κ2) is 5.34. The number of carboxylic acid groups (broad SMARTS) is 1. The molecule has 2 aromatic rings. The highest BCUT2D eigenvalue weighted by molar-refractivity contribution is 5.88. The van der Waals surface area contributed by atoms with Crippen LogP contribution in [-0.4, -0.2) is 23.2 Å². The zero-order chi connectivity index (χ0) is 13.8. The van der Waals surface area contributed by atoms with Crippen LogP contribution in [-0.2, 0) is 0 Å². The first-order valence-corrected chi connectivity index (χ1v) is 5.32. The smallest absolute Gasteiger partial charge is 0.338 e. The molecule has 1 aromatic carbocycles. The summed E-state index contributed by atoms with van der Waals surface area (Å²) in [5.41, 5.74) is -0.500. The van der Waals surface area contributed by atoms with Crippen LogP contribution in [0.15, 0.2) is 36.5 Å². The molecule has 0 aliphatic rings. The fourth-order valence-electron chi connectivity index (χ4n) is 1.47. The Balaban J connectivity index is 2.39. The van der Waals surface area contributed by atoms with E-state index in [1.807, 2.05) is 0 Å². The van der Waals surface area contributed by atoms with Crippen molar-refractivity contribution < 1.29 is 23.8 Å². The molecule has 0 spiro atoms. The Labute approximate surface area is 108 Å². The van der Waals surface area contributed by atoms with Crippen molar-refractivity contribution in [3.8, 4) is 17.4 Å². The quantitative estimate of drug-likeness (QED) is 0.918. The highest BCUT2D eigenvalue weighted by atomic mass is 19.1. The van der Waals surface area contributed by atoms with Gasteiger partial charge in [0.15, 0.2) is 17.3 Å². The molecule has 5 nitrogen and oxygen atoms in total. The van der Waals surface area contributed by atoms with Crippen molar-refractivity contribution >= 4 is 5.97 Å².